The molecule has 2 rings (SSSR count). The number of hydrogen-bond donors (Lipinski definition) is 0. The van der Waals surface area contributed by atoms with Crippen molar-refractivity contribution in [3.05, 3.63) is 24.0 Å². The quantitative estimate of drug-likeness (QED) is 0.822. The zero-order valence-corrected chi connectivity index (χ0v) is 14.7. The second kappa shape index (κ2) is 8.52. The summed E-state index contributed by atoms with van der Waals surface area (Å²) in [5, 5.41) is 0. The van der Waals surface area contributed by atoms with Crippen LogP contribution in [0.25, 0.3) is 0 Å². The van der Waals surface area contributed by atoms with Crippen LogP contribution in [0.5, 0.6) is 0 Å². The number of nitrogens with zero attached hydrogens (tertiary/aromatic N) is 4. The average Bonchev–Trinajstić information content (AvgIpc) is 2.63. The molecule has 1 aromatic rings. The molecule has 0 aromatic carbocycles. The Morgan fingerprint density at radius 1 is 1.12 bits per heavy atom. The van der Waals surface area contributed by atoms with Gasteiger partial charge in [0.1, 0.15) is 0 Å². The summed E-state index contributed by atoms with van der Waals surface area (Å²) in [7, 11) is 0. The number of ether oxygens (including phenoxy) is 1. The first-order chi connectivity index (χ1) is 11.6. The number of hydrogen-bond acceptors (Lipinski definition) is 5. The Balaban J connectivity index is 2.02. The van der Waals surface area contributed by atoms with Crippen molar-refractivity contribution in [1.29, 1.82) is 0 Å². The lowest BCUT2D eigenvalue weighted by molar-refractivity contribution is 0.0772. The molecule has 2 heterocycles. The molecule has 0 radical (unpaired) electrons. The van der Waals surface area contributed by atoms with E-state index in [-0.39, 0.29) is 12.0 Å². The van der Waals surface area contributed by atoms with Gasteiger partial charge in [-0.3, -0.25) is 9.78 Å². The summed E-state index contributed by atoms with van der Waals surface area (Å²) in [6.45, 7) is 10.1. The van der Waals surface area contributed by atoms with Gasteiger partial charge in [0.05, 0.1) is 24.1 Å². The van der Waals surface area contributed by atoms with Crippen molar-refractivity contribution >= 4 is 17.7 Å². The first-order valence-electron chi connectivity index (χ1n) is 8.51. The minimum atomic E-state index is -0.263. The van der Waals surface area contributed by atoms with Gasteiger partial charge in [-0.15, -0.1) is 0 Å². The summed E-state index contributed by atoms with van der Waals surface area (Å²) in [5.74, 6) is -0.000454. The molecule has 1 aliphatic rings. The fourth-order valence-corrected chi connectivity index (χ4v) is 2.77. The first-order valence-corrected chi connectivity index (χ1v) is 8.51. The predicted octanol–water partition coefficient (Wildman–Crippen LogP) is 1.84. The highest BCUT2D eigenvalue weighted by atomic mass is 16.6. The average molecular weight is 334 g/mol. The number of aromatic nitrogens is 1. The van der Waals surface area contributed by atoms with Crippen LogP contribution >= 0.6 is 0 Å². The number of piperazine rings is 1. The Bertz CT molecular complexity index is 567. The number of carbonyl (C=O) groups is 2. The smallest absolute Gasteiger partial charge is 0.409 e. The fraction of sp³-hybridized carbons (Fsp3) is 0.588. The molecule has 0 atom stereocenters. The van der Waals surface area contributed by atoms with Crippen molar-refractivity contribution in [1.82, 2.24) is 14.8 Å². The van der Waals surface area contributed by atoms with E-state index in [9.17, 15) is 9.59 Å². The molecule has 1 aliphatic heterocycles. The zero-order valence-electron chi connectivity index (χ0n) is 14.7. The lowest BCUT2D eigenvalue weighted by Crippen LogP contribution is -2.49. The van der Waals surface area contributed by atoms with Crippen LogP contribution in [0.4, 0.5) is 10.5 Å². The van der Waals surface area contributed by atoms with Crippen LogP contribution in [0.3, 0.4) is 0 Å². The van der Waals surface area contributed by atoms with E-state index in [2.05, 4.69) is 9.88 Å². The normalized spacial score (nSPS) is 14.5. The van der Waals surface area contributed by atoms with Crippen molar-refractivity contribution in [3.8, 4) is 0 Å². The Hall–Kier alpha value is -2.31. The minimum absolute atomic E-state index is 0.000454. The molecular weight excluding hydrogens is 308 g/mol. The lowest BCUT2D eigenvalue weighted by atomic mass is 10.2. The van der Waals surface area contributed by atoms with Crippen LogP contribution in [0.15, 0.2) is 18.5 Å². The lowest BCUT2D eigenvalue weighted by Gasteiger charge is -2.35. The van der Waals surface area contributed by atoms with Gasteiger partial charge in [0.25, 0.3) is 5.91 Å². The maximum absolute atomic E-state index is 12.5. The van der Waals surface area contributed by atoms with Gasteiger partial charge in [-0.1, -0.05) is 0 Å². The second-order valence-corrected chi connectivity index (χ2v) is 5.58. The fourth-order valence-electron chi connectivity index (χ4n) is 2.77. The summed E-state index contributed by atoms with van der Waals surface area (Å²) in [4.78, 5) is 34.0. The third-order valence-corrected chi connectivity index (χ3v) is 4.19. The molecule has 1 fully saturated rings. The molecule has 2 amide bonds. The molecule has 0 aliphatic carbocycles. The second-order valence-electron chi connectivity index (χ2n) is 5.58. The molecule has 7 nitrogen and oxygen atoms in total. The summed E-state index contributed by atoms with van der Waals surface area (Å²) in [6, 6.07) is 1.88. The maximum Gasteiger partial charge on any atom is 0.409 e. The van der Waals surface area contributed by atoms with Crippen LogP contribution in [0.1, 0.15) is 31.1 Å². The Kier molecular flexibility index (Phi) is 6.40. The van der Waals surface area contributed by atoms with Gasteiger partial charge in [-0.05, 0) is 26.8 Å². The third kappa shape index (κ3) is 4.15. The topological polar surface area (TPSA) is 66.0 Å². The molecule has 0 unspecified atom stereocenters. The standard InChI is InChI=1S/C17H26N4O3/c1-4-19(5-2)16(22)14-11-15(13-18-12-14)20-7-9-21(10-8-20)17(23)24-6-3/h11-13H,4-10H2,1-3H3. The highest BCUT2D eigenvalue weighted by Gasteiger charge is 2.23. The van der Waals surface area contributed by atoms with E-state index in [1.807, 2.05) is 19.9 Å². The largest absolute Gasteiger partial charge is 0.450 e. The van der Waals surface area contributed by atoms with E-state index in [1.165, 1.54) is 0 Å². The molecule has 132 valence electrons. The zero-order chi connectivity index (χ0) is 17.5. The van der Waals surface area contributed by atoms with E-state index in [4.69, 9.17) is 4.74 Å². The number of rotatable bonds is 5. The first kappa shape index (κ1) is 18.0. The van der Waals surface area contributed by atoms with Gasteiger partial charge in [0.2, 0.25) is 0 Å². The number of carbonyl (C=O) groups excluding carboxylic acids is 2. The van der Waals surface area contributed by atoms with Gasteiger partial charge in [0, 0.05) is 45.5 Å². The molecule has 7 heteroatoms. The van der Waals surface area contributed by atoms with E-state index < -0.39 is 0 Å². The van der Waals surface area contributed by atoms with E-state index in [0.717, 1.165) is 5.69 Å². The number of amides is 2. The predicted molar refractivity (Wildman–Crippen MR) is 92.3 cm³/mol. The van der Waals surface area contributed by atoms with Gasteiger partial charge in [-0.2, -0.15) is 0 Å². The van der Waals surface area contributed by atoms with E-state index in [0.29, 0.717) is 51.4 Å². The highest BCUT2D eigenvalue weighted by molar-refractivity contribution is 5.94. The number of pyridine rings is 1. The van der Waals surface area contributed by atoms with Crippen LogP contribution in [0, 0.1) is 0 Å². The minimum Gasteiger partial charge on any atom is -0.450 e. The monoisotopic (exact) mass is 334 g/mol. The molecule has 24 heavy (non-hydrogen) atoms. The van der Waals surface area contributed by atoms with Gasteiger partial charge >= 0.3 is 6.09 Å². The summed E-state index contributed by atoms with van der Waals surface area (Å²) in [6.07, 6.45) is 3.11. The third-order valence-electron chi connectivity index (χ3n) is 4.19. The highest BCUT2D eigenvalue weighted by Crippen LogP contribution is 2.18. The van der Waals surface area contributed by atoms with Crippen molar-refractivity contribution in [2.75, 3.05) is 50.8 Å². The van der Waals surface area contributed by atoms with Crippen molar-refractivity contribution < 1.29 is 14.3 Å². The van der Waals surface area contributed by atoms with Crippen LogP contribution < -0.4 is 4.90 Å². The van der Waals surface area contributed by atoms with Gasteiger partial charge < -0.3 is 19.4 Å². The van der Waals surface area contributed by atoms with Crippen LogP contribution in [-0.2, 0) is 4.74 Å². The SMILES string of the molecule is CCOC(=O)N1CCN(c2cncc(C(=O)N(CC)CC)c2)CC1. The molecule has 0 saturated carbocycles. The molecule has 1 saturated heterocycles. The molecule has 0 N–H and O–H groups in total. The summed E-state index contributed by atoms with van der Waals surface area (Å²) < 4.78 is 5.03. The van der Waals surface area contributed by atoms with Crippen LogP contribution in [0.2, 0.25) is 0 Å². The number of anilines is 1. The maximum atomic E-state index is 12.5. The van der Waals surface area contributed by atoms with E-state index in [1.54, 1.807) is 29.1 Å². The van der Waals surface area contributed by atoms with Crippen LogP contribution in [-0.4, -0.2) is 72.7 Å². The Morgan fingerprint density at radius 3 is 2.38 bits per heavy atom. The molecule has 0 spiro atoms. The van der Waals surface area contributed by atoms with Gasteiger partial charge in [0.15, 0.2) is 0 Å². The van der Waals surface area contributed by atoms with E-state index >= 15 is 0 Å². The Morgan fingerprint density at radius 2 is 1.79 bits per heavy atom. The van der Waals surface area contributed by atoms with Crippen molar-refractivity contribution in [2.45, 2.75) is 20.8 Å². The van der Waals surface area contributed by atoms with Gasteiger partial charge in [-0.25, -0.2) is 4.79 Å². The van der Waals surface area contributed by atoms with Crippen molar-refractivity contribution in [2.24, 2.45) is 0 Å². The molecule has 0 bridgehead atoms. The molecular formula is C17H26N4O3. The summed E-state index contributed by atoms with van der Waals surface area (Å²) in [5.41, 5.74) is 1.51. The summed E-state index contributed by atoms with van der Waals surface area (Å²) >= 11 is 0. The molecule has 1 aromatic heterocycles. The van der Waals surface area contributed by atoms with Crippen molar-refractivity contribution in [3.63, 3.8) is 0 Å². The Labute approximate surface area is 143 Å².